The van der Waals surface area contributed by atoms with Crippen molar-refractivity contribution >= 4 is 12.1 Å². The quantitative estimate of drug-likeness (QED) is 0.184. The van der Waals surface area contributed by atoms with Crippen molar-refractivity contribution in [2.75, 3.05) is 20.4 Å². The van der Waals surface area contributed by atoms with E-state index in [1.165, 1.54) is 29.7 Å². The largest absolute Gasteiger partial charge is 0.458 e. The molecule has 1 fully saturated rings. The van der Waals surface area contributed by atoms with Gasteiger partial charge in [0.1, 0.15) is 36.1 Å². The number of aryl methyl sites for hydroxylation is 1. The number of nitrogens with zero attached hydrogens (tertiary/aromatic N) is 1. The maximum Gasteiger partial charge on any atom is 0.412 e. The van der Waals surface area contributed by atoms with Crippen LogP contribution in [0.25, 0.3) is 0 Å². The van der Waals surface area contributed by atoms with Crippen LogP contribution in [0.5, 0.6) is 0 Å². The van der Waals surface area contributed by atoms with Crippen LogP contribution in [0.4, 0.5) is 13.6 Å². The van der Waals surface area contributed by atoms with Crippen LogP contribution >= 0.6 is 0 Å². The fourth-order valence-electron chi connectivity index (χ4n) is 5.18. The molecule has 0 aromatic heterocycles. The number of esters is 1. The van der Waals surface area contributed by atoms with Crippen molar-refractivity contribution in [3.8, 4) is 0 Å². The van der Waals surface area contributed by atoms with E-state index in [-0.39, 0.29) is 19.1 Å². The fraction of sp³-hybridized carbons (Fsp3) is 0.562. The number of amides is 1. The Bertz CT molecular complexity index is 1120. The van der Waals surface area contributed by atoms with E-state index in [1.54, 1.807) is 27.7 Å². The van der Waals surface area contributed by atoms with Crippen molar-refractivity contribution in [1.29, 1.82) is 0 Å². The second-order valence-corrected chi connectivity index (χ2v) is 11.6. The SMILES string of the molecule is COCN(C(=O)OC(C)(C)C)[C@H]1CCC[C@H](Cc2ccc(F)cc2F)[C@@H](OCCCc2ccccc2)[C@H](C)OC1=O. The van der Waals surface area contributed by atoms with Crippen LogP contribution in [-0.4, -0.2) is 61.3 Å². The molecule has 2 aromatic carbocycles. The highest BCUT2D eigenvalue weighted by molar-refractivity contribution is 5.81. The van der Waals surface area contributed by atoms with E-state index in [0.717, 1.165) is 18.9 Å². The summed E-state index contributed by atoms with van der Waals surface area (Å²) in [7, 11) is 1.44. The summed E-state index contributed by atoms with van der Waals surface area (Å²) in [5.74, 6) is -2.05. The minimum absolute atomic E-state index is 0.146. The van der Waals surface area contributed by atoms with E-state index >= 15 is 0 Å². The van der Waals surface area contributed by atoms with Crippen LogP contribution in [0.15, 0.2) is 48.5 Å². The highest BCUT2D eigenvalue weighted by atomic mass is 19.1. The molecule has 9 heteroatoms. The van der Waals surface area contributed by atoms with Gasteiger partial charge >= 0.3 is 12.1 Å². The van der Waals surface area contributed by atoms with Crippen molar-refractivity contribution in [3.63, 3.8) is 0 Å². The summed E-state index contributed by atoms with van der Waals surface area (Å²) < 4.78 is 51.3. The molecule has 3 rings (SSSR count). The molecule has 1 amide bonds. The van der Waals surface area contributed by atoms with Crippen LogP contribution in [0.3, 0.4) is 0 Å². The van der Waals surface area contributed by atoms with Gasteiger partial charge in [-0.3, -0.25) is 4.90 Å². The summed E-state index contributed by atoms with van der Waals surface area (Å²) >= 11 is 0. The third-order valence-electron chi connectivity index (χ3n) is 7.09. The Hall–Kier alpha value is -3.04. The molecule has 0 saturated carbocycles. The van der Waals surface area contributed by atoms with E-state index in [9.17, 15) is 18.4 Å². The molecule has 2 aromatic rings. The van der Waals surface area contributed by atoms with Gasteiger partial charge in [0.2, 0.25) is 0 Å². The molecule has 0 aliphatic carbocycles. The lowest BCUT2D eigenvalue weighted by atomic mass is 9.86. The number of carbonyl (C=O) groups excluding carboxylic acids is 2. The lowest BCUT2D eigenvalue weighted by Gasteiger charge is -2.33. The first-order chi connectivity index (χ1) is 19.5. The number of cyclic esters (lactones) is 1. The third-order valence-corrected chi connectivity index (χ3v) is 7.09. The molecule has 0 bridgehead atoms. The molecule has 0 unspecified atom stereocenters. The maximum atomic E-state index is 14.7. The molecule has 0 radical (unpaired) electrons. The van der Waals surface area contributed by atoms with Crippen LogP contribution in [0.2, 0.25) is 0 Å². The van der Waals surface area contributed by atoms with Crippen molar-refractivity contribution in [2.24, 2.45) is 5.92 Å². The van der Waals surface area contributed by atoms with Gasteiger partial charge in [-0.05, 0) is 82.9 Å². The van der Waals surface area contributed by atoms with Crippen LogP contribution in [-0.2, 0) is 36.6 Å². The summed E-state index contributed by atoms with van der Waals surface area (Å²) in [4.78, 5) is 27.7. The molecule has 226 valence electrons. The number of rotatable bonds is 10. The molecule has 1 saturated heterocycles. The van der Waals surface area contributed by atoms with Crippen LogP contribution < -0.4 is 0 Å². The monoisotopic (exact) mass is 575 g/mol. The highest BCUT2D eigenvalue weighted by Crippen LogP contribution is 2.30. The van der Waals surface area contributed by atoms with Gasteiger partial charge in [-0.15, -0.1) is 0 Å². The van der Waals surface area contributed by atoms with Crippen LogP contribution in [0, 0.1) is 17.6 Å². The molecule has 1 heterocycles. The third kappa shape index (κ3) is 10.1. The Morgan fingerprint density at radius 2 is 1.83 bits per heavy atom. The molecule has 0 spiro atoms. The Kier molecular flexibility index (Phi) is 12.1. The van der Waals surface area contributed by atoms with E-state index in [2.05, 4.69) is 12.1 Å². The number of ether oxygens (including phenoxy) is 4. The van der Waals surface area contributed by atoms with Gasteiger partial charge in [-0.2, -0.15) is 0 Å². The number of methoxy groups -OCH3 is 1. The van der Waals surface area contributed by atoms with Gasteiger partial charge in [-0.25, -0.2) is 18.4 Å². The van der Waals surface area contributed by atoms with E-state index in [0.29, 0.717) is 31.4 Å². The smallest absolute Gasteiger partial charge is 0.412 e. The second-order valence-electron chi connectivity index (χ2n) is 11.6. The fourth-order valence-corrected chi connectivity index (χ4v) is 5.18. The molecule has 1 aliphatic rings. The average molecular weight is 576 g/mol. The maximum absolute atomic E-state index is 14.7. The van der Waals surface area contributed by atoms with E-state index in [1.807, 2.05) is 18.2 Å². The summed E-state index contributed by atoms with van der Waals surface area (Å²) in [5.41, 5.74) is 0.804. The van der Waals surface area contributed by atoms with Crippen molar-refractivity contribution < 1.29 is 37.3 Å². The molecule has 41 heavy (non-hydrogen) atoms. The Labute approximate surface area is 242 Å². The molecule has 4 atom stereocenters. The average Bonchev–Trinajstić information content (AvgIpc) is 2.95. The van der Waals surface area contributed by atoms with Gasteiger partial charge in [0.15, 0.2) is 0 Å². The van der Waals surface area contributed by atoms with Crippen molar-refractivity contribution in [2.45, 2.75) is 90.1 Å². The first kappa shape index (κ1) is 32.5. The minimum atomic E-state index is -0.924. The molecule has 1 aliphatic heterocycles. The Morgan fingerprint density at radius 1 is 1.10 bits per heavy atom. The van der Waals surface area contributed by atoms with E-state index < -0.39 is 47.5 Å². The first-order valence-corrected chi connectivity index (χ1v) is 14.3. The summed E-state index contributed by atoms with van der Waals surface area (Å²) in [6.07, 6.45) is 1.38. The lowest BCUT2D eigenvalue weighted by Crippen LogP contribution is -2.49. The normalized spacial score (nSPS) is 21.8. The first-order valence-electron chi connectivity index (χ1n) is 14.3. The second kappa shape index (κ2) is 15.3. The number of hydrogen-bond donors (Lipinski definition) is 0. The van der Waals surface area contributed by atoms with Crippen molar-refractivity contribution in [3.05, 3.63) is 71.3 Å². The van der Waals surface area contributed by atoms with Gasteiger partial charge in [0.05, 0.1) is 6.10 Å². The summed E-state index contributed by atoms with van der Waals surface area (Å²) in [5, 5.41) is 0. The number of benzene rings is 2. The zero-order chi connectivity index (χ0) is 30.0. The van der Waals surface area contributed by atoms with Gasteiger partial charge in [0, 0.05) is 19.8 Å². The minimum Gasteiger partial charge on any atom is -0.458 e. The predicted octanol–water partition coefficient (Wildman–Crippen LogP) is 6.47. The predicted molar refractivity (Wildman–Crippen MR) is 151 cm³/mol. The zero-order valence-electron chi connectivity index (χ0n) is 24.7. The molecule has 0 N–H and O–H groups in total. The van der Waals surface area contributed by atoms with Gasteiger partial charge in [0.25, 0.3) is 0 Å². The summed E-state index contributed by atoms with van der Waals surface area (Å²) in [6.45, 7) is 7.27. The van der Waals surface area contributed by atoms with Crippen LogP contribution in [0.1, 0.15) is 64.5 Å². The standard InChI is InChI=1S/C32H43F2NO6/c1-22-29(39-18-10-13-23-11-7-6-8-12-23)25(19-24-16-17-26(33)20-27(24)34)14-9-15-28(30(36)40-22)35(21-38-5)31(37)41-32(2,3)4/h6-8,11-12,16-17,20,22,25,28-29H,9-10,13-15,18-19,21H2,1-5H3/t22-,25+,28-,29-/m0/s1. The van der Waals surface area contributed by atoms with E-state index in [4.69, 9.17) is 18.9 Å². The zero-order valence-corrected chi connectivity index (χ0v) is 24.7. The summed E-state index contributed by atoms with van der Waals surface area (Å²) in [6, 6.07) is 12.7. The van der Waals surface area contributed by atoms with Crippen molar-refractivity contribution in [1.82, 2.24) is 4.90 Å². The molecular weight excluding hydrogens is 532 g/mol. The van der Waals surface area contributed by atoms with Gasteiger partial charge in [-0.1, -0.05) is 42.8 Å². The number of carbonyl (C=O) groups is 2. The molecular formula is C32H43F2NO6. The highest BCUT2D eigenvalue weighted by Gasteiger charge is 2.39. The Balaban J connectivity index is 1.81. The molecule has 7 nitrogen and oxygen atoms in total. The number of halogens is 2. The number of hydrogen-bond acceptors (Lipinski definition) is 6. The Morgan fingerprint density at radius 3 is 2.49 bits per heavy atom. The topological polar surface area (TPSA) is 74.3 Å². The lowest BCUT2D eigenvalue weighted by molar-refractivity contribution is -0.166. The van der Waals surface area contributed by atoms with Gasteiger partial charge < -0.3 is 18.9 Å².